The summed E-state index contributed by atoms with van der Waals surface area (Å²) in [5.74, 6) is -0.0526. The molecule has 0 spiro atoms. The maximum Gasteiger partial charge on any atom is 0.255 e. The molecule has 3 aromatic rings. The van der Waals surface area contributed by atoms with Crippen LogP contribution in [-0.4, -0.2) is 19.0 Å². The van der Waals surface area contributed by atoms with Gasteiger partial charge in [0, 0.05) is 30.0 Å². The van der Waals surface area contributed by atoms with Crippen LogP contribution in [0.1, 0.15) is 39.9 Å². The lowest BCUT2D eigenvalue weighted by Crippen LogP contribution is -2.22. The Kier molecular flexibility index (Phi) is 4.61. The number of aryl methyl sites for hydroxylation is 2. The maximum absolute atomic E-state index is 13.0. The lowest BCUT2D eigenvalue weighted by Gasteiger charge is -2.26. The van der Waals surface area contributed by atoms with Crippen molar-refractivity contribution >= 4 is 28.1 Å². The highest BCUT2D eigenvalue weighted by atomic mass is 16.1. The number of hydrogen-bond donors (Lipinski definition) is 1. The Bertz CT molecular complexity index is 1020. The van der Waals surface area contributed by atoms with E-state index in [1.807, 2.05) is 36.4 Å². The van der Waals surface area contributed by atoms with Crippen LogP contribution in [0.5, 0.6) is 0 Å². The van der Waals surface area contributed by atoms with Crippen molar-refractivity contribution in [3.8, 4) is 0 Å². The summed E-state index contributed by atoms with van der Waals surface area (Å²) in [5.41, 5.74) is 6.49. The molecular weight excluding hydrogens is 332 g/mol. The number of nitrogens with zero attached hydrogens (tertiary/aromatic N) is 1. The van der Waals surface area contributed by atoms with Crippen LogP contribution in [0.4, 0.5) is 11.4 Å². The zero-order valence-corrected chi connectivity index (χ0v) is 16.3. The summed E-state index contributed by atoms with van der Waals surface area (Å²) in [4.78, 5) is 15.4. The lowest BCUT2D eigenvalue weighted by molar-refractivity contribution is 0.102. The third-order valence-electron chi connectivity index (χ3n) is 5.60. The van der Waals surface area contributed by atoms with Crippen LogP contribution < -0.4 is 10.2 Å². The van der Waals surface area contributed by atoms with Crippen LogP contribution >= 0.6 is 0 Å². The zero-order chi connectivity index (χ0) is 19.0. The Morgan fingerprint density at radius 1 is 0.889 bits per heavy atom. The molecule has 27 heavy (non-hydrogen) atoms. The fourth-order valence-corrected chi connectivity index (χ4v) is 4.31. The lowest BCUT2D eigenvalue weighted by atomic mass is 10.0. The van der Waals surface area contributed by atoms with Crippen LogP contribution in [0.15, 0.2) is 48.5 Å². The van der Waals surface area contributed by atoms with E-state index in [-0.39, 0.29) is 5.91 Å². The average Bonchev–Trinajstić information content (AvgIpc) is 3.18. The first kappa shape index (κ1) is 17.6. The van der Waals surface area contributed by atoms with E-state index in [1.165, 1.54) is 29.7 Å². The van der Waals surface area contributed by atoms with Gasteiger partial charge in [-0.05, 0) is 73.2 Å². The molecule has 0 aliphatic carbocycles. The summed E-state index contributed by atoms with van der Waals surface area (Å²) in [6.45, 7) is 8.57. The third-order valence-corrected chi connectivity index (χ3v) is 5.60. The molecule has 1 fully saturated rings. The van der Waals surface area contributed by atoms with Crippen molar-refractivity contribution in [2.24, 2.45) is 0 Å². The van der Waals surface area contributed by atoms with E-state index < -0.39 is 0 Å². The molecule has 0 unspecified atom stereocenters. The molecule has 0 radical (unpaired) electrons. The highest BCUT2D eigenvalue weighted by molar-refractivity contribution is 6.07. The van der Waals surface area contributed by atoms with Crippen molar-refractivity contribution in [1.82, 2.24) is 0 Å². The van der Waals surface area contributed by atoms with Crippen molar-refractivity contribution < 1.29 is 4.79 Å². The van der Waals surface area contributed by atoms with Gasteiger partial charge in [-0.3, -0.25) is 4.79 Å². The number of carbonyl (C=O) groups excluding carboxylic acids is 1. The van der Waals surface area contributed by atoms with E-state index in [2.05, 4.69) is 43.1 Å². The number of amides is 1. The third kappa shape index (κ3) is 3.30. The number of hydrogen-bond acceptors (Lipinski definition) is 2. The Labute approximate surface area is 161 Å². The van der Waals surface area contributed by atoms with Crippen LogP contribution in [0.25, 0.3) is 10.8 Å². The fraction of sp³-hybridized carbons (Fsp3) is 0.292. The summed E-state index contributed by atoms with van der Waals surface area (Å²) >= 11 is 0. The normalized spacial score (nSPS) is 14.0. The predicted molar refractivity (Wildman–Crippen MR) is 114 cm³/mol. The average molecular weight is 358 g/mol. The number of carbonyl (C=O) groups is 1. The Morgan fingerprint density at radius 3 is 2.33 bits per heavy atom. The van der Waals surface area contributed by atoms with Crippen molar-refractivity contribution in [2.75, 3.05) is 23.3 Å². The molecule has 3 aromatic carbocycles. The van der Waals surface area contributed by atoms with Gasteiger partial charge < -0.3 is 10.2 Å². The van der Waals surface area contributed by atoms with E-state index in [4.69, 9.17) is 0 Å². The molecule has 0 saturated carbocycles. The second-order valence-corrected chi connectivity index (χ2v) is 7.57. The van der Waals surface area contributed by atoms with Crippen molar-refractivity contribution in [3.05, 3.63) is 70.8 Å². The van der Waals surface area contributed by atoms with E-state index in [9.17, 15) is 4.79 Å². The molecule has 1 N–H and O–H groups in total. The van der Waals surface area contributed by atoms with Crippen LogP contribution in [0, 0.1) is 20.8 Å². The topological polar surface area (TPSA) is 32.3 Å². The minimum atomic E-state index is -0.0526. The van der Waals surface area contributed by atoms with Crippen LogP contribution in [0.3, 0.4) is 0 Å². The smallest absolute Gasteiger partial charge is 0.255 e. The first-order chi connectivity index (χ1) is 13.0. The van der Waals surface area contributed by atoms with Crippen LogP contribution in [0.2, 0.25) is 0 Å². The second-order valence-electron chi connectivity index (χ2n) is 7.57. The van der Waals surface area contributed by atoms with E-state index in [0.29, 0.717) is 5.56 Å². The van der Waals surface area contributed by atoms with Gasteiger partial charge in [0.2, 0.25) is 0 Å². The SMILES string of the molecule is Cc1cc(C)c(N2CCCC2)c(C)c1NC(=O)c1ccc2ccccc2c1. The van der Waals surface area contributed by atoms with Gasteiger partial charge in [0.05, 0.1) is 0 Å². The molecule has 3 nitrogen and oxygen atoms in total. The summed E-state index contributed by atoms with van der Waals surface area (Å²) in [7, 11) is 0. The van der Waals surface area contributed by atoms with E-state index in [0.717, 1.165) is 35.1 Å². The zero-order valence-electron chi connectivity index (χ0n) is 16.3. The molecule has 0 aromatic heterocycles. The highest BCUT2D eigenvalue weighted by Crippen LogP contribution is 2.35. The van der Waals surface area contributed by atoms with Gasteiger partial charge in [-0.1, -0.05) is 36.4 Å². The minimum absolute atomic E-state index is 0.0526. The summed E-state index contributed by atoms with van der Waals surface area (Å²) in [6.07, 6.45) is 2.48. The molecule has 1 aliphatic heterocycles. The van der Waals surface area contributed by atoms with E-state index >= 15 is 0 Å². The highest BCUT2D eigenvalue weighted by Gasteiger charge is 2.20. The number of fused-ring (bicyclic) bond motifs is 1. The molecule has 1 saturated heterocycles. The molecule has 0 bridgehead atoms. The summed E-state index contributed by atoms with van der Waals surface area (Å²) in [6, 6.07) is 16.2. The molecule has 1 heterocycles. The molecule has 1 amide bonds. The first-order valence-corrected chi connectivity index (χ1v) is 9.70. The second kappa shape index (κ2) is 7.07. The summed E-state index contributed by atoms with van der Waals surface area (Å²) in [5, 5.41) is 5.41. The van der Waals surface area contributed by atoms with Gasteiger partial charge >= 0.3 is 0 Å². The van der Waals surface area contributed by atoms with Gasteiger partial charge in [-0.15, -0.1) is 0 Å². The number of rotatable bonds is 3. The first-order valence-electron chi connectivity index (χ1n) is 9.70. The van der Waals surface area contributed by atoms with Crippen LogP contribution in [-0.2, 0) is 0 Å². The molecule has 3 heteroatoms. The largest absolute Gasteiger partial charge is 0.371 e. The van der Waals surface area contributed by atoms with E-state index in [1.54, 1.807) is 0 Å². The number of anilines is 2. The fourth-order valence-electron chi connectivity index (χ4n) is 4.31. The molecule has 138 valence electrons. The minimum Gasteiger partial charge on any atom is -0.371 e. The number of nitrogens with one attached hydrogen (secondary N) is 1. The Hall–Kier alpha value is -2.81. The van der Waals surface area contributed by atoms with Crippen molar-refractivity contribution in [3.63, 3.8) is 0 Å². The van der Waals surface area contributed by atoms with Crippen molar-refractivity contribution in [2.45, 2.75) is 33.6 Å². The van der Waals surface area contributed by atoms with Gasteiger partial charge in [0.15, 0.2) is 0 Å². The monoisotopic (exact) mass is 358 g/mol. The summed E-state index contributed by atoms with van der Waals surface area (Å²) < 4.78 is 0. The van der Waals surface area contributed by atoms with Gasteiger partial charge in [0.1, 0.15) is 0 Å². The predicted octanol–water partition coefficient (Wildman–Crippen LogP) is 5.62. The standard InChI is InChI=1S/C24H26N2O/c1-16-14-17(2)23(26-12-6-7-13-26)18(3)22(16)25-24(27)21-11-10-19-8-4-5-9-20(19)15-21/h4-5,8-11,14-15H,6-7,12-13H2,1-3H3,(H,25,27). The Morgan fingerprint density at radius 2 is 1.59 bits per heavy atom. The molecule has 1 aliphatic rings. The maximum atomic E-state index is 13.0. The quantitative estimate of drug-likeness (QED) is 0.659. The van der Waals surface area contributed by atoms with Gasteiger partial charge in [0.25, 0.3) is 5.91 Å². The number of benzene rings is 3. The molecule has 4 rings (SSSR count). The molecule has 0 atom stereocenters. The van der Waals surface area contributed by atoms with Gasteiger partial charge in [-0.25, -0.2) is 0 Å². The van der Waals surface area contributed by atoms with Gasteiger partial charge in [-0.2, -0.15) is 0 Å². The van der Waals surface area contributed by atoms with Crippen molar-refractivity contribution in [1.29, 1.82) is 0 Å². The Balaban J connectivity index is 1.68. The molecular formula is C24H26N2O.